The van der Waals surface area contributed by atoms with Crippen molar-refractivity contribution in [3.8, 4) is 11.8 Å². The van der Waals surface area contributed by atoms with Gasteiger partial charge in [0.05, 0.1) is 18.2 Å². The number of hydrazine groups is 1. The highest BCUT2D eigenvalue weighted by atomic mass is 79.9. The molecule has 0 unspecified atom stereocenters. The van der Waals surface area contributed by atoms with Gasteiger partial charge in [-0.1, -0.05) is 24.3 Å². The van der Waals surface area contributed by atoms with Crippen molar-refractivity contribution < 1.29 is 9.53 Å². The molecule has 0 spiro atoms. The SMILES string of the molecule is Br.N#Cc1ccc(OCC(=O)NN2Cc3ccccc3C2=N)cc1. The number of hydrogen-bond donors (Lipinski definition) is 2. The Labute approximate surface area is 149 Å². The fourth-order valence-electron chi connectivity index (χ4n) is 2.34. The first kappa shape index (κ1) is 17.5. The number of amidine groups is 1. The van der Waals surface area contributed by atoms with Crippen LogP contribution in [0.5, 0.6) is 5.75 Å². The Kier molecular flexibility index (Phi) is 5.55. The molecule has 2 aromatic carbocycles. The van der Waals surface area contributed by atoms with E-state index in [4.69, 9.17) is 15.4 Å². The minimum atomic E-state index is -0.341. The number of hydrogen-bond acceptors (Lipinski definition) is 4. The van der Waals surface area contributed by atoms with Crippen molar-refractivity contribution in [2.75, 3.05) is 6.61 Å². The lowest BCUT2D eigenvalue weighted by molar-refractivity contribution is -0.126. The fourth-order valence-corrected chi connectivity index (χ4v) is 2.34. The number of carbonyl (C=O) groups is 1. The molecule has 0 bridgehead atoms. The molecule has 2 aromatic rings. The zero-order valence-corrected chi connectivity index (χ0v) is 14.4. The summed E-state index contributed by atoms with van der Waals surface area (Å²) in [5, 5.41) is 18.3. The van der Waals surface area contributed by atoms with E-state index in [1.165, 1.54) is 5.01 Å². The van der Waals surface area contributed by atoms with Gasteiger partial charge < -0.3 is 4.74 Å². The Hall–Kier alpha value is -2.85. The normalized spacial score (nSPS) is 12.0. The Morgan fingerprint density at radius 3 is 2.62 bits per heavy atom. The minimum Gasteiger partial charge on any atom is -0.484 e. The van der Waals surface area contributed by atoms with E-state index in [0.717, 1.165) is 11.1 Å². The molecule has 0 atom stereocenters. The van der Waals surface area contributed by atoms with E-state index >= 15 is 0 Å². The zero-order chi connectivity index (χ0) is 16.2. The first-order chi connectivity index (χ1) is 11.2. The van der Waals surface area contributed by atoms with E-state index in [1.807, 2.05) is 30.3 Å². The maximum absolute atomic E-state index is 12.0. The average Bonchev–Trinajstić information content (AvgIpc) is 2.90. The summed E-state index contributed by atoms with van der Waals surface area (Å²) in [6.45, 7) is 0.309. The molecule has 122 valence electrons. The molecule has 0 saturated heterocycles. The quantitative estimate of drug-likeness (QED) is 0.843. The second-order valence-electron chi connectivity index (χ2n) is 5.05. The number of ether oxygens (including phenoxy) is 1. The molecule has 1 aliphatic heterocycles. The maximum Gasteiger partial charge on any atom is 0.276 e. The molecule has 6 nitrogen and oxygen atoms in total. The van der Waals surface area contributed by atoms with Crippen molar-refractivity contribution in [3.05, 3.63) is 65.2 Å². The lowest BCUT2D eigenvalue weighted by Gasteiger charge is -2.19. The Balaban J connectivity index is 0.00000208. The van der Waals surface area contributed by atoms with Gasteiger partial charge in [0, 0.05) is 5.56 Å². The number of amides is 1. The van der Waals surface area contributed by atoms with Crippen LogP contribution in [0.25, 0.3) is 0 Å². The van der Waals surface area contributed by atoms with Crippen molar-refractivity contribution in [3.63, 3.8) is 0 Å². The van der Waals surface area contributed by atoms with Crippen LogP contribution in [-0.2, 0) is 11.3 Å². The summed E-state index contributed by atoms with van der Waals surface area (Å²) in [5.74, 6) is 0.443. The number of rotatable bonds is 4. The number of nitrogens with one attached hydrogen (secondary N) is 2. The summed E-state index contributed by atoms with van der Waals surface area (Å²) in [6.07, 6.45) is 0. The molecule has 24 heavy (non-hydrogen) atoms. The van der Waals surface area contributed by atoms with Gasteiger partial charge in [0.15, 0.2) is 6.61 Å². The molecular weight excluding hydrogens is 372 g/mol. The molecule has 3 rings (SSSR count). The van der Waals surface area contributed by atoms with Crippen LogP contribution < -0.4 is 10.2 Å². The van der Waals surface area contributed by atoms with Gasteiger partial charge >= 0.3 is 0 Å². The number of carbonyl (C=O) groups excluding carboxylic acids is 1. The number of benzene rings is 2. The molecule has 7 heteroatoms. The molecule has 1 amide bonds. The van der Waals surface area contributed by atoms with Crippen LogP contribution >= 0.6 is 17.0 Å². The maximum atomic E-state index is 12.0. The third kappa shape index (κ3) is 3.73. The van der Waals surface area contributed by atoms with Gasteiger partial charge in [-0.15, -0.1) is 17.0 Å². The van der Waals surface area contributed by atoms with Crippen molar-refractivity contribution >= 4 is 28.7 Å². The van der Waals surface area contributed by atoms with Gasteiger partial charge in [0.1, 0.15) is 11.6 Å². The molecule has 2 N–H and O–H groups in total. The van der Waals surface area contributed by atoms with Gasteiger partial charge in [-0.25, -0.2) is 0 Å². The fraction of sp³-hybridized carbons (Fsp3) is 0.118. The number of nitrogens with zero attached hydrogens (tertiary/aromatic N) is 2. The van der Waals surface area contributed by atoms with E-state index in [-0.39, 0.29) is 35.3 Å². The molecule has 0 fully saturated rings. The molecule has 1 aliphatic rings. The van der Waals surface area contributed by atoms with E-state index < -0.39 is 0 Å². The smallest absolute Gasteiger partial charge is 0.276 e. The largest absolute Gasteiger partial charge is 0.484 e. The average molecular weight is 387 g/mol. The monoisotopic (exact) mass is 386 g/mol. The predicted molar refractivity (Wildman–Crippen MR) is 93.9 cm³/mol. The van der Waals surface area contributed by atoms with Gasteiger partial charge in [0.2, 0.25) is 0 Å². The van der Waals surface area contributed by atoms with Gasteiger partial charge in [0.25, 0.3) is 5.91 Å². The molecular formula is C17H15BrN4O2. The Morgan fingerprint density at radius 1 is 1.25 bits per heavy atom. The van der Waals surface area contributed by atoms with Crippen molar-refractivity contribution in [1.29, 1.82) is 10.7 Å². The van der Waals surface area contributed by atoms with E-state index in [1.54, 1.807) is 24.3 Å². The highest BCUT2D eigenvalue weighted by molar-refractivity contribution is 8.93. The summed E-state index contributed by atoms with van der Waals surface area (Å²) in [4.78, 5) is 12.0. The van der Waals surface area contributed by atoms with Crippen LogP contribution in [0, 0.1) is 16.7 Å². The summed E-state index contributed by atoms with van der Waals surface area (Å²) in [7, 11) is 0. The topological polar surface area (TPSA) is 89.2 Å². The van der Waals surface area contributed by atoms with Crippen LogP contribution in [0.2, 0.25) is 0 Å². The number of nitriles is 1. The number of fused-ring (bicyclic) bond motifs is 1. The molecule has 0 aliphatic carbocycles. The predicted octanol–water partition coefficient (Wildman–Crippen LogP) is 2.39. The van der Waals surface area contributed by atoms with Crippen molar-refractivity contribution in [2.45, 2.75) is 6.54 Å². The molecule has 0 saturated carbocycles. The standard InChI is InChI=1S/C17H14N4O2.BrH/c18-9-12-5-7-14(8-6-12)23-11-16(22)20-21-10-13-3-1-2-4-15(13)17(21)19;/h1-8,19H,10-11H2,(H,20,22);1H. The second kappa shape index (κ2) is 7.62. The van der Waals surface area contributed by atoms with Crippen LogP contribution in [0.1, 0.15) is 16.7 Å². The van der Waals surface area contributed by atoms with Gasteiger partial charge in [-0.05, 0) is 29.8 Å². The lowest BCUT2D eigenvalue weighted by Crippen LogP contribution is -2.44. The first-order valence-electron chi connectivity index (χ1n) is 7.04. The van der Waals surface area contributed by atoms with Crippen molar-refractivity contribution in [2.24, 2.45) is 0 Å². The lowest BCUT2D eigenvalue weighted by atomic mass is 10.1. The Bertz CT molecular complexity index is 799. The third-order valence-corrected chi connectivity index (χ3v) is 3.48. The third-order valence-electron chi connectivity index (χ3n) is 3.48. The zero-order valence-electron chi connectivity index (χ0n) is 12.7. The van der Waals surface area contributed by atoms with Crippen LogP contribution in [0.3, 0.4) is 0 Å². The van der Waals surface area contributed by atoms with E-state index in [0.29, 0.717) is 17.9 Å². The highest BCUT2D eigenvalue weighted by Crippen LogP contribution is 2.20. The van der Waals surface area contributed by atoms with Crippen LogP contribution in [0.15, 0.2) is 48.5 Å². The van der Waals surface area contributed by atoms with Crippen LogP contribution in [-0.4, -0.2) is 23.4 Å². The van der Waals surface area contributed by atoms with Gasteiger partial charge in [-0.3, -0.25) is 20.6 Å². The summed E-state index contributed by atoms with van der Waals surface area (Å²) >= 11 is 0. The molecule has 0 radical (unpaired) electrons. The summed E-state index contributed by atoms with van der Waals surface area (Å²) < 4.78 is 5.37. The first-order valence-corrected chi connectivity index (χ1v) is 7.04. The second-order valence-corrected chi connectivity index (χ2v) is 5.05. The van der Waals surface area contributed by atoms with Gasteiger partial charge in [-0.2, -0.15) is 5.26 Å². The number of halogens is 1. The van der Waals surface area contributed by atoms with E-state index in [2.05, 4.69) is 5.43 Å². The molecule has 0 aromatic heterocycles. The Morgan fingerprint density at radius 2 is 1.96 bits per heavy atom. The summed E-state index contributed by atoms with van der Waals surface area (Å²) in [6, 6.07) is 16.1. The highest BCUT2D eigenvalue weighted by Gasteiger charge is 2.24. The summed E-state index contributed by atoms with van der Waals surface area (Å²) in [5.41, 5.74) is 5.02. The van der Waals surface area contributed by atoms with E-state index in [9.17, 15) is 4.79 Å². The van der Waals surface area contributed by atoms with Crippen LogP contribution in [0.4, 0.5) is 0 Å². The molecule has 1 heterocycles. The van der Waals surface area contributed by atoms with Crippen molar-refractivity contribution in [1.82, 2.24) is 10.4 Å². The minimum absolute atomic E-state index is 0.